The van der Waals surface area contributed by atoms with E-state index in [-0.39, 0.29) is 16.9 Å². The van der Waals surface area contributed by atoms with Crippen LogP contribution in [-0.2, 0) is 14.8 Å². The number of nitrogens with one attached hydrogen (secondary N) is 1. The molecule has 174 valence electrons. The van der Waals surface area contributed by atoms with Gasteiger partial charge in [-0.05, 0) is 73.9 Å². The number of carbonyl (C=O) groups is 1. The molecule has 0 radical (unpaired) electrons. The van der Waals surface area contributed by atoms with Crippen LogP contribution in [0.2, 0.25) is 0 Å². The predicted octanol–water partition coefficient (Wildman–Crippen LogP) is 4.83. The molecule has 1 saturated carbocycles. The minimum atomic E-state index is -3.78. The largest absolute Gasteiger partial charge is 0.376 e. The quantitative estimate of drug-likeness (QED) is 0.564. The molecule has 1 aromatic heterocycles. The number of para-hydroxylation sites is 1. The summed E-state index contributed by atoms with van der Waals surface area (Å²) >= 11 is 0. The summed E-state index contributed by atoms with van der Waals surface area (Å²) in [6.45, 7) is 1.21. The Labute approximate surface area is 195 Å². The number of hydrogen-bond donors (Lipinski definition) is 1. The van der Waals surface area contributed by atoms with Crippen LogP contribution < -0.4 is 5.32 Å². The molecular weight excluding hydrogens is 436 g/mol. The van der Waals surface area contributed by atoms with Gasteiger partial charge in [-0.25, -0.2) is 12.4 Å². The lowest BCUT2D eigenvalue weighted by Gasteiger charge is -2.22. The van der Waals surface area contributed by atoms with Gasteiger partial charge in [0.15, 0.2) is 0 Å². The van der Waals surface area contributed by atoms with Gasteiger partial charge in [-0.2, -0.15) is 0 Å². The van der Waals surface area contributed by atoms with E-state index in [2.05, 4.69) is 5.32 Å². The molecule has 3 aromatic rings. The molecule has 7 heteroatoms. The maximum atomic E-state index is 13.5. The van der Waals surface area contributed by atoms with E-state index in [1.165, 1.54) is 28.9 Å². The van der Waals surface area contributed by atoms with Crippen LogP contribution >= 0.6 is 0 Å². The molecule has 1 saturated heterocycles. The van der Waals surface area contributed by atoms with Crippen molar-refractivity contribution in [2.45, 2.75) is 61.9 Å². The van der Waals surface area contributed by atoms with E-state index in [0.29, 0.717) is 23.5 Å². The van der Waals surface area contributed by atoms with Gasteiger partial charge in [0.1, 0.15) is 0 Å². The van der Waals surface area contributed by atoms with E-state index in [1.807, 2.05) is 24.3 Å². The van der Waals surface area contributed by atoms with Crippen molar-refractivity contribution in [2.75, 3.05) is 13.2 Å². The van der Waals surface area contributed by atoms with Crippen LogP contribution in [0, 0.1) is 0 Å². The maximum Gasteiger partial charge on any atom is 0.268 e. The number of fused-ring (bicyclic) bond motifs is 1. The first-order chi connectivity index (χ1) is 16.0. The van der Waals surface area contributed by atoms with Crippen LogP contribution in [0.25, 0.3) is 10.9 Å². The summed E-state index contributed by atoms with van der Waals surface area (Å²) in [6.07, 6.45) is 9.57. The lowest BCUT2D eigenvalue weighted by Crippen LogP contribution is -2.35. The Bertz CT molecular complexity index is 1240. The fourth-order valence-corrected chi connectivity index (χ4v) is 6.48. The number of ether oxygens (including phenoxy) is 1. The fourth-order valence-electron chi connectivity index (χ4n) is 5.11. The first-order valence-corrected chi connectivity index (χ1v) is 13.3. The summed E-state index contributed by atoms with van der Waals surface area (Å²) < 4.78 is 34.1. The highest BCUT2D eigenvalue weighted by atomic mass is 32.2. The molecule has 1 aliphatic heterocycles. The zero-order chi connectivity index (χ0) is 22.8. The molecule has 1 atom stereocenters. The second-order valence-corrected chi connectivity index (χ2v) is 10.9. The van der Waals surface area contributed by atoms with Crippen molar-refractivity contribution in [3.63, 3.8) is 0 Å². The van der Waals surface area contributed by atoms with Crippen molar-refractivity contribution in [3.05, 3.63) is 65.9 Å². The second kappa shape index (κ2) is 9.31. The highest BCUT2D eigenvalue weighted by Gasteiger charge is 2.26. The summed E-state index contributed by atoms with van der Waals surface area (Å²) in [7, 11) is -3.78. The Morgan fingerprint density at radius 3 is 2.42 bits per heavy atom. The van der Waals surface area contributed by atoms with Gasteiger partial charge in [-0.1, -0.05) is 31.0 Å². The Hall–Kier alpha value is -2.64. The number of amides is 1. The third-order valence-corrected chi connectivity index (χ3v) is 8.63. The standard InChI is InChI=1S/C26H30N2O4S/c29-26(27-17-21-9-5-6-16-32-21)20-12-14-22(15-13-20)33(30,31)28-18-24(19-7-1-2-8-19)23-10-3-4-11-25(23)28/h3-4,10-15,18-19,21H,1-2,5-9,16-17H2,(H,27,29). The zero-order valence-corrected chi connectivity index (χ0v) is 19.5. The van der Waals surface area contributed by atoms with E-state index < -0.39 is 10.0 Å². The molecule has 1 amide bonds. The van der Waals surface area contributed by atoms with Crippen LogP contribution in [0.3, 0.4) is 0 Å². The Morgan fingerprint density at radius 1 is 0.970 bits per heavy atom. The smallest absolute Gasteiger partial charge is 0.268 e. The molecule has 5 rings (SSSR count). The molecule has 1 aliphatic carbocycles. The van der Waals surface area contributed by atoms with Crippen molar-refractivity contribution in [2.24, 2.45) is 0 Å². The van der Waals surface area contributed by atoms with E-state index in [0.717, 1.165) is 49.7 Å². The van der Waals surface area contributed by atoms with Gasteiger partial charge in [0.2, 0.25) is 0 Å². The molecule has 2 aliphatic rings. The minimum Gasteiger partial charge on any atom is -0.376 e. The van der Waals surface area contributed by atoms with E-state index >= 15 is 0 Å². The average molecular weight is 467 g/mol. The number of carbonyl (C=O) groups excluding carboxylic acids is 1. The Kier molecular flexibility index (Phi) is 6.25. The topological polar surface area (TPSA) is 77.4 Å². The van der Waals surface area contributed by atoms with Crippen molar-refractivity contribution < 1.29 is 17.9 Å². The number of rotatable bonds is 6. The van der Waals surface area contributed by atoms with Crippen LogP contribution in [0.4, 0.5) is 0 Å². The Balaban J connectivity index is 1.38. The highest BCUT2D eigenvalue weighted by molar-refractivity contribution is 7.90. The maximum absolute atomic E-state index is 13.5. The van der Waals surface area contributed by atoms with E-state index in [9.17, 15) is 13.2 Å². The third kappa shape index (κ3) is 4.44. The molecule has 33 heavy (non-hydrogen) atoms. The summed E-state index contributed by atoms with van der Waals surface area (Å²) in [6, 6.07) is 13.9. The monoisotopic (exact) mass is 466 g/mol. The number of hydrogen-bond acceptors (Lipinski definition) is 4. The van der Waals surface area contributed by atoms with E-state index in [1.54, 1.807) is 18.3 Å². The summed E-state index contributed by atoms with van der Waals surface area (Å²) in [5.74, 6) is 0.189. The number of nitrogens with zero attached hydrogens (tertiary/aromatic N) is 1. The SMILES string of the molecule is O=C(NCC1CCCCO1)c1ccc(S(=O)(=O)n2cc(C3CCCC3)c3ccccc32)cc1. The van der Waals surface area contributed by atoms with Crippen molar-refractivity contribution >= 4 is 26.8 Å². The molecule has 2 fully saturated rings. The molecule has 0 spiro atoms. The summed E-state index contributed by atoms with van der Waals surface area (Å²) in [5.41, 5.74) is 2.26. The van der Waals surface area contributed by atoms with Gasteiger partial charge in [-0.15, -0.1) is 0 Å². The average Bonchev–Trinajstić information content (AvgIpc) is 3.51. The van der Waals surface area contributed by atoms with Gasteiger partial charge in [0, 0.05) is 30.3 Å². The predicted molar refractivity (Wildman–Crippen MR) is 128 cm³/mol. The van der Waals surface area contributed by atoms with Gasteiger partial charge < -0.3 is 10.1 Å². The van der Waals surface area contributed by atoms with Gasteiger partial charge >= 0.3 is 0 Å². The lowest BCUT2D eigenvalue weighted by molar-refractivity contribution is 0.0169. The number of benzene rings is 2. The van der Waals surface area contributed by atoms with E-state index in [4.69, 9.17) is 4.74 Å². The summed E-state index contributed by atoms with van der Waals surface area (Å²) in [5, 5.41) is 3.91. The Morgan fingerprint density at radius 2 is 1.70 bits per heavy atom. The van der Waals surface area contributed by atoms with Crippen LogP contribution in [0.15, 0.2) is 59.6 Å². The van der Waals surface area contributed by atoms with Gasteiger partial charge in [-0.3, -0.25) is 4.79 Å². The zero-order valence-electron chi connectivity index (χ0n) is 18.7. The van der Waals surface area contributed by atoms with Crippen molar-refractivity contribution in [1.29, 1.82) is 0 Å². The van der Waals surface area contributed by atoms with Crippen LogP contribution in [-0.4, -0.2) is 37.6 Å². The van der Waals surface area contributed by atoms with Crippen molar-refractivity contribution in [1.82, 2.24) is 9.29 Å². The van der Waals surface area contributed by atoms with Crippen LogP contribution in [0.1, 0.15) is 66.8 Å². The first-order valence-electron chi connectivity index (χ1n) is 11.9. The molecule has 1 N–H and O–H groups in total. The molecule has 6 nitrogen and oxygen atoms in total. The summed E-state index contributed by atoms with van der Waals surface area (Å²) in [4.78, 5) is 12.7. The van der Waals surface area contributed by atoms with Crippen molar-refractivity contribution in [3.8, 4) is 0 Å². The van der Waals surface area contributed by atoms with Gasteiger partial charge in [0.25, 0.3) is 15.9 Å². The lowest BCUT2D eigenvalue weighted by atomic mass is 9.97. The number of aromatic nitrogens is 1. The van der Waals surface area contributed by atoms with Crippen LogP contribution in [0.5, 0.6) is 0 Å². The first kappa shape index (κ1) is 22.2. The molecule has 1 unspecified atom stereocenters. The molecule has 2 aromatic carbocycles. The molecule has 2 heterocycles. The molecular formula is C26H30N2O4S. The van der Waals surface area contributed by atoms with Gasteiger partial charge in [0.05, 0.1) is 16.5 Å². The second-order valence-electron chi connectivity index (χ2n) is 9.11. The minimum absolute atomic E-state index is 0.0541. The third-order valence-electron chi connectivity index (χ3n) is 6.94. The molecule has 0 bridgehead atoms. The normalized spacial score (nSPS) is 19.7. The fraction of sp³-hybridized carbons (Fsp3) is 0.423. The highest BCUT2D eigenvalue weighted by Crippen LogP contribution is 2.39.